The molecule has 0 aromatic heterocycles. The van der Waals surface area contributed by atoms with Crippen LogP contribution in [0.4, 0.5) is 0 Å². The second-order valence-corrected chi connectivity index (χ2v) is 4.96. The summed E-state index contributed by atoms with van der Waals surface area (Å²) in [6.45, 7) is 9.93. The molecule has 1 saturated heterocycles. The minimum Gasteiger partial charge on any atom is -0.336 e. The van der Waals surface area contributed by atoms with Crippen molar-refractivity contribution in [3.8, 4) is 0 Å². The maximum Gasteiger partial charge on any atom is 0.224 e. The molecule has 0 saturated carbocycles. The summed E-state index contributed by atoms with van der Waals surface area (Å²) in [5, 5.41) is 0. The van der Waals surface area contributed by atoms with Crippen molar-refractivity contribution in [2.75, 3.05) is 13.1 Å². The summed E-state index contributed by atoms with van der Waals surface area (Å²) in [6, 6.07) is 0. The average Bonchev–Trinajstić information content (AvgIpc) is 2.00. The third kappa shape index (κ3) is 1.89. The largest absolute Gasteiger partial charge is 0.336 e. The molecule has 1 aliphatic heterocycles. The van der Waals surface area contributed by atoms with Crippen LogP contribution >= 0.6 is 12.4 Å². The van der Waals surface area contributed by atoms with Crippen molar-refractivity contribution in [3.05, 3.63) is 0 Å². The molecule has 4 heteroatoms. The van der Waals surface area contributed by atoms with Crippen molar-refractivity contribution in [1.82, 2.24) is 4.90 Å². The summed E-state index contributed by atoms with van der Waals surface area (Å²) in [4.78, 5) is 13.5. The van der Waals surface area contributed by atoms with E-state index in [0.29, 0.717) is 13.0 Å². The van der Waals surface area contributed by atoms with Crippen LogP contribution in [-0.4, -0.2) is 29.4 Å². The second kappa shape index (κ2) is 4.07. The molecule has 3 nitrogen and oxygen atoms in total. The quantitative estimate of drug-likeness (QED) is 0.765. The number of amides is 1. The highest BCUT2D eigenvalue weighted by atomic mass is 35.5. The number of hydrogen-bond acceptors (Lipinski definition) is 2. The first-order chi connectivity index (χ1) is 5.83. The molecule has 1 rings (SSSR count). The third-order valence-electron chi connectivity index (χ3n) is 3.54. The lowest BCUT2D eigenvalue weighted by molar-refractivity contribution is -0.166. The van der Waals surface area contributed by atoms with Crippen LogP contribution in [0.5, 0.6) is 0 Å². The zero-order chi connectivity index (χ0) is 10.3. The van der Waals surface area contributed by atoms with E-state index in [-0.39, 0.29) is 29.3 Å². The average molecular weight is 221 g/mol. The van der Waals surface area contributed by atoms with Gasteiger partial charge in [-0.05, 0) is 13.8 Å². The SMILES string of the molecule is CC1(C)CN(C(=O)CCN)C1(C)C.Cl. The molecule has 0 unspecified atom stereocenters. The van der Waals surface area contributed by atoms with Gasteiger partial charge < -0.3 is 10.6 Å². The van der Waals surface area contributed by atoms with Crippen LogP contribution in [0.25, 0.3) is 0 Å². The highest BCUT2D eigenvalue weighted by Gasteiger charge is 2.53. The summed E-state index contributed by atoms with van der Waals surface area (Å²) < 4.78 is 0. The van der Waals surface area contributed by atoms with Crippen molar-refractivity contribution in [3.63, 3.8) is 0 Å². The Balaban J connectivity index is 0.00000169. The lowest BCUT2D eigenvalue weighted by atomic mass is 9.65. The summed E-state index contributed by atoms with van der Waals surface area (Å²) in [5.41, 5.74) is 5.57. The molecule has 2 N–H and O–H groups in total. The Morgan fingerprint density at radius 1 is 1.36 bits per heavy atom. The number of hydrogen-bond donors (Lipinski definition) is 1. The minimum absolute atomic E-state index is 0. The van der Waals surface area contributed by atoms with E-state index in [9.17, 15) is 4.79 Å². The van der Waals surface area contributed by atoms with Gasteiger partial charge in [0.15, 0.2) is 0 Å². The fraction of sp³-hybridized carbons (Fsp3) is 0.900. The van der Waals surface area contributed by atoms with Crippen molar-refractivity contribution in [2.24, 2.45) is 11.1 Å². The Bertz CT molecular complexity index is 226. The second-order valence-electron chi connectivity index (χ2n) is 4.96. The molecule has 1 heterocycles. The first kappa shape index (κ1) is 13.7. The normalized spacial score (nSPS) is 22.2. The molecule has 0 radical (unpaired) electrons. The van der Waals surface area contributed by atoms with Crippen LogP contribution in [0.3, 0.4) is 0 Å². The van der Waals surface area contributed by atoms with E-state index in [0.717, 1.165) is 6.54 Å². The van der Waals surface area contributed by atoms with Crippen molar-refractivity contribution < 1.29 is 4.79 Å². The van der Waals surface area contributed by atoms with Gasteiger partial charge in [0.2, 0.25) is 5.91 Å². The molecule has 14 heavy (non-hydrogen) atoms. The number of halogens is 1. The fourth-order valence-electron chi connectivity index (χ4n) is 1.72. The van der Waals surface area contributed by atoms with Gasteiger partial charge in [-0.1, -0.05) is 13.8 Å². The molecular formula is C10H21ClN2O. The Labute approximate surface area is 92.4 Å². The smallest absolute Gasteiger partial charge is 0.224 e. The van der Waals surface area contributed by atoms with Crippen LogP contribution < -0.4 is 5.73 Å². The van der Waals surface area contributed by atoms with Crippen LogP contribution in [0.1, 0.15) is 34.1 Å². The van der Waals surface area contributed by atoms with Gasteiger partial charge >= 0.3 is 0 Å². The number of nitrogens with zero attached hydrogens (tertiary/aromatic N) is 1. The first-order valence-corrected chi connectivity index (χ1v) is 4.83. The summed E-state index contributed by atoms with van der Waals surface area (Å²) >= 11 is 0. The molecule has 1 fully saturated rings. The number of nitrogens with two attached hydrogens (primary N) is 1. The molecule has 1 amide bonds. The Morgan fingerprint density at radius 2 is 1.86 bits per heavy atom. The van der Waals surface area contributed by atoms with Crippen molar-refractivity contribution >= 4 is 18.3 Å². The van der Waals surface area contributed by atoms with Gasteiger partial charge in [0.1, 0.15) is 0 Å². The van der Waals surface area contributed by atoms with E-state index in [4.69, 9.17) is 5.73 Å². The van der Waals surface area contributed by atoms with Gasteiger partial charge in [-0.3, -0.25) is 4.79 Å². The Morgan fingerprint density at radius 3 is 2.14 bits per heavy atom. The molecule has 0 aliphatic carbocycles. The van der Waals surface area contributed by atoms with E-state index >= 15 is 0 Å². The monoisotopic (exact) mass is 220 g/mol. The van der Waals surface area contributed by atoms with Crippen molar-refractivity contribution in [2.45, 2.75) is 39.7 Å². The first-order valence-electron chi connectivity index (χ1n) is 4.83. The lowest BCUT2D eigenvalue weighted by Gasteiger charge is -2.61. The van der Waals surface area contributed by atoms with Crippen LogP contribution in [0, 0.1) is 5.41 Å². The standard InChI is InChI=1S/C10H20N2O.ClH/c1-9(2)7-12(10(9,3)4)8(13)5-6-11;/h5-7,11H2,1-4H3;1H. The number of carbonyl (C=O) groups is 1. The van der Waals surface area contributed by atoms with Gasteiger partial charge in [-0.25, -0.2) is 0 Å². The molecule has 0 bridgehead atoms. The molecule has 0 atom stereocenters. The maximum atomic E-state index is 11.6. The highest BCUT2D eigenvalue weighted by Crippen LogP contribution is 2.46. The van der Waals surface area contributed by atoms with E-state index < -0.39 is 0 Å². The Kier molecular flexibility index (Phi) is 3.99. The highest BCUT2D eigenvalue weighted by molar-refractivity contribution is 5.85. The van der Waals surface area contributed by atoms with E-state index in [1.807, 2.05) is 4.90 Å². The van der Waals surface area contributed by atoms with Gasteiger partial charge in [-0.15, -0.1) is 12.4 Å². The molecule has 0 spiro atoms. The maximum absolute atomic E-state index is 11.6. The predicted octanol–water partition coefficient (Wildman–Crippen LogP) is 1.40. The number of likely N-dealkylation sites (tertiary alicyclic amines) is 1. The van der Waals surface area contributed by atoms with E-state index in [1.165, 1.54) is 0 Å². The van der Waals surface area contributed by atoms with Crippen LogP contribution in [0.2, 0.25) is 0 Å². The minimum atomic E-state index is -0.0146. The van der Waals surface area contributed by atoms with Gasteiger partial charge in [0.05, 0.1) is 0 Å². The molecular weight excluding hydrogens is 200 g/mol. The third-order valence-corrected chi connectivity index (χ3v) is 3.54. The lowest BCUT2D eigenvalue weighted by Crippen LogP contribution is -2.70. The number of carbonyl (C=O) groups excluding carboxylic acids is 1. The molecule has 0 aromatic rings. The van der Waals surface area contributed by atoms with Crippen LogP contribution in [-0.2, 0) is 4.79 Å². The fourth-order valence-corrected chi connectivity index (χ4v) is 1.72. The molecule has 1 aliphatic rings. The van der Waals surface area contributed by atoms with Gasteiger partial charge in [0, 0.05) is 30.5 Å². The van der Waals surface area contributed by atoms with E-state index in [2.05, 4.69) is 27.7 Å². The Hall–Kier alpha value is -0.280. The van der Waals surface area contributed by atoms with Crippen molar-refractivity contribution in [1.29, 1.82) is 0 Å². The van der Waals surface area contributed by atoms with Crippen LogP contribution in [0.15, 0.2) is 0 Å². The summed E-state index contributed by atoms with van der Waals surface area (Å²) in [7, 11) is 0. The van der Waals surface area contributed by atoms with Gasteiger partial charge in [0.25, 0.3) is 0 Å². The van der Waals surface area contributed by atoms with E-state index in [1.54, 1.807) is 0 Å². The molecule has 84 valence electrons. The zero-order valence-electron chi connectivity index (χ0n) is 9.46. The molecule has 0 aromatic carbocycles. The predicted molar refractivity (Wildman–Crippen MR) is 60.5 cm³/mol. The summed E-state index contributed by atoms with van der Waals surface area (Å²) in [6.07, 6.45) is 0.472. The topological polar surface area (TPSA) is 46.3 Å². The summed E-state index contributed by atoms with van der Waals surface area (Å²) in [5.74, 6) is 0.187. The number of rotatable bonds is 2. The van der Waals surface area contributed by atoms with Gasteiger partial charge in [-0.2, -0.15) is 0 Å². The zero-order valence-corrected chi connectivity index (χ0v) is 10.3.